The van der Waals surface area contributed by atoms with Gasteiger partial charge in [-0.3, -0.25) is 14.5 Å². The number of ketones is 1. The van der Waals surface area contributed by atoms with Crippen LogP contribution in [0, 0.1) is 13.8 Å². The van der Waals surface area contributed by atoms with E-state index >= 15 is 0 Å². The van der Waals surface area contributed by atoms with Crippen LogP contribution in [0.2, 0.25) is 0 Å². The number of hydrogen-bond acceptors (Lipinski definition) is 7. The number of aliphatic hydroxyl groups is 1. The molecule has 0 aliphatic carbocycles. The summed E-state index contributed by atoms with van der Waals surface area (Å²) in [5.74, 6) is -1.48. The number of aliphatic hydroxyl groups excluding tert-OH is 1. The van der Waals surface area contributed by atoms with Crippen LogP contribution < -0.4 is 4.74 Å². The van der Waals surface area contributed by atoms with Crippen molar-refractivity contribution in [2.75, 3.05) is 46.5 Å². The molecule has 0 bridgehead atoms. The number of carbonyl (C=O) groups excluding carboxylic acids is 2. The first-order valence-corrected chi connectivity index (χ1v) is 12.7. The molecule has 1 unspecified atom stereocenters. The first-order valence-electron chi connectivity index (χ1n) is 12.0. The van der Waals surface area contributed by atoms with E-state index < -0.39 is 17.7 Å². The number of halogens is 1. The second kappa shape index (κ2) is 11.0. The lowest BCUT2D eigenvalue weighted by atomic mass is 9.93. The molecule has 36 heavy (non-hydrogen) atoms. The highest BCUT2D eigenvalue weighted by atomic mass is 79.9. The Hall–Kier alpha value is -2.88. The average Bonchev–Trinajstić information content (AvgIpc) is 3.12. The molecule has 2 heterocycles. The van der Waals surface area contributed by atoms with Crippen LogP contribution in [0.25, 0.3) is 5.76 Å². The number of methoxy groups -OCH3 is 1. The Labute approximate surface area is 219 Å². The average molecular weight is 559 g/mol. The zero-order chi connectivity index (χ0) is 26.0. The third-order valence-corrected chi connectivity index (χ3v) is 7.36. The molecule has 9 heteroatoms. The molecule has 8 nitrogen and oxygen atoms in total. The Balaban J connectivity index is 1.78. The highest BCUT2D eigenvalue weighted by molar-refractivity contribution is 9.10. The van der Waals surface area contributed by atoms with Crippen LogP contribution in [0.15, 0.2) is 40.4 Å². The van der Waals surface area contributed by atoms with E-state index in [-0.39, 0.29) is 22.8 Å². The fraction of sp³-hybridized carbons (Fsp3) is 0.407. The predicted molar refractivity (Wildman–Crippen MR) is 139 cm³/mol. The zero-order valence-corrected chi connectivity index (χ0v) is 22.3. The van der Waals surface area contributed by atoms with Gasteiger partial charge in [0, 0.05) is 31.7 Å². The van der Waals surface area contributed by atoms with Crippen molar-refractivity contribution in [3.8, 4) is 11.5 Å². The zero-order valence-electron chi connectivity index (χ0n) is 20.7. The lowest BCUT2D eigenvalue weighted by molar-refractivity contribution is -0.140. The monoisotopic (exact) mass is 558 g/mol. The third-order valence-electron chi connectivity index (χ3n) is 6.75. The number of morpholine rings is 1. The molecule has 2 aliphatic rings. The molecule has 1 atom stereocenters. The number of aromatic hydroxyl groups is 1. The molecular formula is C27H31BrN2O6. The second-order valence-electron chi connectivity index (χ2n) is 9.17. The molecule has 0 saturated carbocycles. The number of ether oxygens (including phenoxy) is 2. The van der Waals surface area contributed by atoms with E-state index in [2.05, 4.69) is 20.8 Å². The van der Waals surface area contributed by atoms with Crippen molar-refractivity contribution in [1.29, 1.82) is 0 Å². The molecule has 2 aliphatic heterocycles. The molecule has 4 rings (SSSR count). The number of rotatable bonds is 7. The predicted octanol–water partition coefficient (Wildman–Crippen LogP) is 3.92. The number of likely N-dealkylation sites (tertiary alicyclic amines) is 1. The van der Waals surface area contributed by atoms with E-state index in [1.165, 1.54) is 12.0 Å². The first-order chi connectivity index (χ1) is 17.2. The Bertz CT molecular complexity index is 1200. The van der Waals surface area contributed by atoms with Crippen molar-refractivity contribution in [2.45, 2.75) is 26.3 Å². The Morgan fingerprint density at radius 3 is 2.56 bits per heavy atom. The molecule has 0 spiro atoms. The van der Waals surface area contributed by atoms with Gasteiger partial charge < -0.3 is 24.6 Å². The molecular weight excluding hydrogens is 528 g/mol. The van der Waals surface area contributed by atoms with Crippen molar-refractivity contribution >= 4 is 33.4 Å². The quantitative estimate of drug-likeness (QED) is 0.302. The summed E-state index contributed by atoms with van der Waals surface area (Å²) in [4.78, 5) is 30.4. The maximum atomic E-state index is 13.4. The summed E-state index contributed by atoms with van der Waals surface area (Å²) < 4.78 is 11.1. The van der Waals surface area contributed by atoms with Crippen LogP contribution in [-0.2, 0) is 14.3 Å². The van der Waals surface area contributed by atoms with Crippen LogP contribution in [0.5, 0.6) is 11.5 Å². The van der Waals surface area contributed by atoms with Gasteiger partial charge in [0.05, 0.1) is 36.4 Å². The lowest BCUT2D eigenvalue weighted by Gasteiger charge is -2.29. The molecule has 1 amide bonds. The van der Waals surface area contributed by atoms with Gasteiger partial charge in [-0.2, -0.15) is 0 Å². The smallest absolute Gasteiger partial charge is 0.295 e. The van der Waals surface area contributed by atoms with Crippen LogP contribution >= 0.6 is 15.9 Å². The van der Waals surface area contributed by atoms with Crippen molar-refractivity contribution in [3.63, 3.8) is 0 Å². The Morgan fingerprint density at radius 2 is 1.86 bits per heavy atom. The van der Waals surface area contributed by atoms with Gasteiger partial charge in [-0.25, -0.2) is 0 Å². The van der Waals surface area contributed by atoms with Gasteiger partial charge in [-0.1, -0.05) is 17.7 Å². The van der Waals surface area contributed by atoms with Crippen LogP contribution in [0.3, 0.4) is 0 Å². The number of amides is 1. The van der Waals surface area contributed by atoms with E-state index in [1.807, 2.05) is 26.0 Å². The second-order valence-corrected chi connectivity index (χ2v) is 10.0. The minimum absolute atomic E-state index is 0.0275. The fourth-order valence-corrected chi connectivity index (χ4v) is 5.25. The summed E-state index contributed by atoms with van der Waals surface area (Å²) in [6, 6.07) is 8.02. The third kappa shape index (κ3) is 5.14. The van der Waals surface area contributed by atoms with Crippen molar-refractivity contribution in [2.24, 2.45) is 0 Å². The minimum atomic E-state index is -0.833. The number of nitrogens with zero attached hydrogens (tertiary/aromatic N) is 2. The van der Waals surface area contributed by atoms with Crippen molar-refractivity contribution in [1.82, 2.24) is 9.80 Å². The van der Waals surface area contributed by atoms with E-state index in [1.54, 1.807) is 18.2 Å². The van der Waals surface area contributed by atoms with Gasteiger partial charge in [0.2, 0.25) is 0 Å². The summed E-state index contributed by atoms with van der Waals surface area (Å²) in [6.45, 7) is 7.87. The largest absolute Gasteiger partial charge is 0.507 e. The van der Waals surface area contributed by atoms with Crippen LogP contribution in [0.4, 0.5) is 0 Å². The summed E-state index contributed by atoms with van der Waals surface area (Å²) in [7, 11) is 1.43. The number of aryl methyl sites for hydroxylation is 2. The number of benzene rings is 2. The minimum Gasteiger partial charge on any atom is -0.507 e. The van der Waals surface area contributed by atoms with Gasteiger partial charge in [-0.05, 0) is 65.5 Å². The van der Waals surface area contributed by atoms with E-state index in [9.17, 15) is 19.8 Å². The maximum Gasteiger partial charge on any atom is 0.295 e. The number of phenols is 1. The molecule has 0 radical (unpaired) electrons. The highest BCUT2D eigenvalue weighted by Gasteiger charge is 2.46. The molecule has 2 fully saturated rings. The van der Waals surface area contributed by atoms with E-state index in [0.717, 1.165) is 30.8 Å². The topological polar surface area (TPSA) is 99.5 Å². The maximum absolute atomic E-state index is 13.4. The number of hydrogen-bond donors (Lipinski definition) is 2. The molecule has 2 saturated heterocycles. The summed E-state index contributed by atoms with van der Waals surface area (Å²) in [5, 5.41) is 21.8. The van der Waals surface area contributed by atoms with Crippen LogP contribution in [-0.4, -0.2) is 78.2 Å². The lowest BCUT2D eigenvalue weighted by Crippen LogP contribution is -2.39. The van der Waals surface area contributed by atoms with Gasteiger partial charge >= 0.3 is 0 Å². The number of phenolic OH excluding ortho intramolecular Hbond substituents is 1. The number of carbonyl (C=O) groups is 2. The van der Waals surface area contributed by atoms with E-state index in [0.29, 0.717) is 41.8 Å². The summed E-state index contributed by atoms with van der Waals surface area (Å²) in [6.07, 6.45) is 0.656. The molecule has 2 aromatic carbocycles. The molecule has 0 aromatic heterocycles. The SMILES string of the molecule is COc1cc(C2C(=C(O)c3cc(C)ccc3C)C(=O)C(=O)N2CCCN2CCOCC2)cc(Br)c1O. The van der Waals surface area contributed by atoms with Crippen LogP contribution in [0.1, 0.15) is 34.7 Å². The molecule has 192 valence electrons. The van der Waals surface area contributed by atoms with Gasteiger partial charge in [0.25, 0.3) is 11.7 Å². The molecule has 2 aromatic rings. The fourth-order valence-electron chi connectivity index (χ4n) is 4.79. The Morgan fingerprint density at radius 1 is 1.14 bits per heavy atom. The summed E-state index contributed by atoms with van der Waals surface area (Å²) >= 11 is 3.35. The van der Waals surface area contributed by atoms with E-state index in [4.69, 9.17) is 9.47 Å². The first kappa shape index (κ1) is 26.2. The summed E-state index contributed by atoms with van der Waals surface area (Å²) in [5.41, 5.74) is 2.80. The molecule has 2 N–H and O–H groups in total. The standard InChI is InChI=1S/C27H31BrN2O6/c1-16-5-6-17(2)19(13-16)24(31)22-23(18-14-20(28)25(32)21(15-18)35-3)30(27(34)26(22)33)8-4-7-29-9-11-36-12-10-29/h5-6,13-15,23,31-32H,4,7-12H2,1-3H3. The van der Waals surface area contributed by atoms with Crippen molar-refractivity contribution < 1.29 is 29.3 Å². The highest BCUT2D eigenvalue weighted by Crippen LogP contribution is 2.44. The van der Waals surface area contributed by atoms with Gasteiger partial charge in [-0.15, -0.1) is 0 Å². The Kier molecular flexibility index (Phi) is 8.02. The number of Topliss-reactive ketones (excluding diaryl/α,β-unsaturated/α-hetero) is 1. The normalized spacial score (nSPS) is 20.2. The van der Waals surface area contributed by atoms with Crippen molar-refractivity contribution in [3.05, 3.63) is 62.6 Å². The van der Waals surface area contributed by atoms with Gasteiger partial charge in [0.1, 0.15) is 5.76 Å². The van der Waals surface area contributed by atoms with Gasteiger partial charge in [0.15, 0.2) is 11.5 Å².